The average molecular weight is 372 g/mol. The van der Waals surface area contributed by atoms with Crippen LogP contribution in [0.3, 0.4) is 0 Å². The second-order valence-electron chi connectivity index (χ2n) is 7.96. The van der Waals surface area contributed by atoms with Crippen molar-refractivity contribution in [2.24, 2.45) is 5.92 Å². The second-order valence-corrected chi connectivity index (χ2v) is 7.96. The van der Waals surface area contributed by atoms with Crippen molar-refractivity contribution in [3.05, 3.63) is 54.4 Å². The predicted molar refractivity (Wildman–Crippen MR) is 114 cm³/mol. The lowest BCUT2D eigenvalue weighted by Gasteiger charge is -2.31. The first-order chi connectivity index (χ1) is 13.6. The molecular formula is C23H24N4O. The standard InChI is InChI=1S/C23H24N4O/c1-14(2)13-26-16(4)27(22-19(26)8-6-11-24-22)20-15(3)9-10-17-18-7-5-12-25-23(18)28-21(17)20/h5-12,14,16H,13H2,1-4H3/t16-/m0/s1. The van der Waals surface area contributed by atoms with E-state index in [0.29, 0.717) is 11.6 Å². The van der Waals surface area contributed by atoms with E-state index in [1.807, 2.05) is 18.3 Å². The molecule has 1 atom stereocenters. The highest BCUT2D eigenvalue weighted by atomic mass is 16.3. The molecule has 0 amide bonds. The van der Waals surface area contributed by atoms with Gasteiger partial charge >= 0.3 is 0 Å². The van der Waals surface area contributed by atoms with Gasteiger partial charge in [0.15, 0.2) is 11.4 Å². The molecule has 4 aromatic rings. The Bertz CT molecular complexity index is 1180. The molecule has 5 rings (SSSR count). The molecule has 5 nitrogen and oxygen atoms in total. The number of hydrogen-bond donors (Lipinski definition) is 0. The smallest absolute Gasteiger partial charge is 0.227 e. The summed E-state index contributed by atoms with van der Waals surface area (Å²) in [7, 11) is 0. The fourth-order valence-corrected chi connectivity index (χ4v) is 4.31. The van der Waals surface area contributed by atoms with Crippen LogP contribution in [0.4, 0.5) is 17.2 Å². The van der Waals surface area contributed by atoms with E-state index >= 15 is 0 Å². The van der Waals surface area contributed by atoms with Crippen molar-refractivity contribution in [2.75, 3.05) is 16.3 Å². The van der Waals surface area contributed by atoms with Gasteiger partial charge in [-0.15, -0.1) is 0 Å². The molecule has 0 N–H and O–H groups in total. The summed E-state index contributed by atoms with van der Waals surface area (Å²) in [5.74, 6) is 1.54. The summed E-state index contributed by atoms with van der Waals surface area (Å²) in [6, 6.07) is 12.5. The van der Waals surface area contributed by atoms with Crippen LogP contribution in [0.25, 0.3) is 22.1 Å². The van der Waals surface area contributed by atoms with Crippen LogP contribution in [-0.4, -0.2) is 22.7 Å². The van der Waals surface area contributed by atoms with E-state index in [-0.39, 0.29) is 6.17 Å². The predicted octanol–water partition coefficient (Wildman–Crippen LogP) is 5.64. The van der Waals surface area contributed by atoms with Crippen molar-refractivity contribution in [3.63, 3.8) is 0 Å². The highest BCUT2D eigenvalue weighted by Gasteiger charge is 2.37. The third-order valence-electron chi connectivity index (χ3n) is 5.52. The summed E-state index contributed by atoms with van der Waals surface area (Å²) in [5, 5.41) is 2.14. The highest BCUT2D eigenvalue weighted by molar-refractivity contribution is 6.09. The van der Waals surface area contributed by atoms with Crippen molar-refractivity contribution in [3.8, 4) is 0 Å². The molecule has 1 aromatic carbocycles. The van der Waals surface area contributed by atoms with Gasteiger partial charge in [0.1, 0.15) is 6.17 Å². The number of rotatable bonds is 3. The van der Waals surface area contributed by atoms with Crippen LogP contribution in [0.2, 0.25) is 0 Å². The van der Waals surface area contributed by atoms with Gasteiger partial charge in [-0.2, -0.15) is 0 Å². The fourth-order valence-electron chi connectivity index (χ4n) is 4.31. The Morgan fingerprint density at radius 3 is 2.64 bits per heavy atom. The van der Waals surface area contributed by atoms with Crippen LogP contribution in [0.5, 0.6) is 0 Å². The van der Waals surface area contributed by atoms with Crippen molar-refractivity contribution in [1.29, 1.82) is 0 Å². The molecule has 0 fully saturated rings. The quantitative estimate of drug-likeness (QED) is 0.465. The minimum absolute atomic E-state index is 0.151. The number of furan rings is 1. The van der Waals surface area contributed by atoms with E-state index in [1.54, 1.807) is 6.20 Å². The summed E-state index contributed by atoms with van der Waals surface area (Å²) >= 11 is 0. The molecule has 0 unspecified atom stereocenters. The summed E-state index contributed by atoms with van der Waals surface area (Å²) in [6.45, 7) is 9.86. The molecule has 1 aliphatic rings. The molecule has 3 aromatic heterocycles. The summed E-state index contributed by atoms with van der Waals surface area (Å²) in [5.41, 5.74) is 4.98. The molecule has 0 aliphatic carbocycles. The van der Waals surface area contributed by atoms with Crippen LogP contribution in [0.15, 0.2) is 53.2 Å². The maximum Gasteiger partial charge on any atom is 0.227 e. The summed E-state index contributed by atoms with van der Waals surface area (Å²) in [4.78, 5) is 13.9. The lowest BCUT2D eigenvalue weighted by atomic mass is 10.1. The van der Waals surface area contributed by atoms with E-state index in [2.05, 4.69) is 66.7 Å². The first-order valence-electron chi connectivity index (χ1n) is 9.84. The van der Waals surface area contributed by atoms with Crippen molar-refractivity contribution in [2.45, 2.75) is 33.9 Å². The highest BCUT2D eigenvalue weighted by Crippen LogP contribution is 2.47. The van der Waals surface area contributed by atoms with Gasteiger partial charge in [0.05, 0.1) is 11.4 Å². The Hall–Kier alpha value is -3.08. The summed E-state index contributed by atoms with van der Waals surface area (Å²) < 4.78 is 6.26. The van der Waals surface area contributed by atoms with Crippen molar-refractivity contribution >= 4 is 39.3 Å². The Labute approximate surface area is 164 Å². The molecule has 5 heteroatoms. The molecule has 28 heavy (non-hydrogen) atoms. The molecule has 0 radical (unpaired) electrons. The van der Waals surface area contributed by atoms with Crippen LogP contribution in [-0.2, 0) is 0 Å². The zero-order valence-electron chi connectivity index (χ0n) is 16.7. The Kier molecular flexibility index (Phi) is 3.79. The van der Waals surface area contributed by atoms with Crippen LogP contribution in [0.1, 0.15) is 26.3 Å². The first-order valence-corrected chi connectivity index (χ1v) is 9.84. The van der Waals surface area contributed by atoms with Crippen LogP contribution < -0.4 is 9.80 Å². The Morgan fingerprint density at radius 2 is 1.82 bits per heavy atom. The van der Waals surface area contributed by atoms with Crippen molar-refractivity contribution < 1.29 is 4.42 Å². The molecule has 0 saturated heterocycles. The van der Waals surface area contributed by atoms with E-state index in [9.17, 15) is 0 Å². The lowest BCUT2D eigenvalue weighted by molar-refractivity contribution is 0.570. The maximum atomic E-state index is 6.26. The van der Waals surface area contributed by atoms with Gasteiger partial charge in [0, 0.05) is 29.7 Å². The Balaban J connectivity index is 1.77. The minimum Gasteiger partial charge on any atom is -0.435 e. The fraction of sp³-hybridized carbons (Fsp3) is 0.304. The number of aryl methyl sites for hydroxylation is 1. The summed E-state index contributed by atoms with van der Waals surface area (Å²) in [6.07, 6.45) is 3.79. The number of anilines is 3. The van der Waals surface area contributed by atoms with Crippen molar-refractivity contribution in [1.82, 2.24) is 9.97 Å². The van der Waals surface area contributed by atoms with Gasteiger partial charge < -0.3 is 14.2 Å². The number of pyridine rings is 2. The van der Waals surface area contributed by atoms with Gasteiger partial charge in [-0.3, -0.25) is 0 Å². The average Bonchev–Trinajstić information content (AvgIpc) is 3.18. The SMILES string of the molecule is Cc1ccc2c(oc3ncccc32)c1N1c2ncccc2N(CC(C)C)[C@@H]1C. The minimum atomic E-state index is 0.151. The van der Waals surface area contributed by atoms with E-state index in [1.165, 1.54) is 11.3 Å². The second kappa shape index (κ2) is 6.23. The largest absolute Gasteiger partial charge is 0.435 e. The molecule has 142 valence electrons. The number of benzene rings is 1. The molecule has 0 spiro atoms. The van der Waals surface area contributed by atoms with E-state index in [4.69, 9.17) is 9.40 Å². The van der Waals surface area contributed by atoms with Gasteiger partial charge in [0.2, 0.25) is 5.71 Å². The number of fused-ring (bicyclic) bond motifs is 4. The lowest BCUT2D eigenvalue weighted by Crippen LogP contribution is -2.40. The molecule has 0 saturated carbocycles. The van der Waals surface area contributed by atoms with E-state index < -0.39 is 0 Å². The molecule has 0 bridgehead atoms. The van der Waals surface area contributed by atoms with Gasteiger partial charge in [0.25, 0.3) is 0 Å². The van der Waals surface area contributed by atoms with Crippen LogP contribution in [0, 0.1) is 12.8 Å². The monoisotopic (exact) mass is 372 g/mol. The van der Waals surface area contributed by atoms with Crippen LogP contribution >= 0.6 is 0 Å². The van der Waals surface area contributed by atoms with Gasteiger partial charge in [-0.1, -0.05) is 26.0 Å². The molecule has 1 aliphatic heterocycles. The first kappa shape index (κ1) is 17.0. The maximum absolute atomic E-state index is 6.26. The third-order valence-corrected chi connectivity index (χ3v) is 5.52. The Morgan fingerprint density at radius 1 is 1.04 bits per heavy atom. The van der Waals surface area contributed by atoms with Gasteiger partial charge in [-0.25, -0.2) is 9.97 Å². The zero-order valence-corrected chi connectivity index (χ0v) is 16.7. The third kappa shape index (κ3) is 2.39. The topological polar surface area (TPSA) is 45.4 Å². The van der Waals surface area contributed by atoms with E-state index in [0.717, 1.165) is 34.4 Å². The molecule has 4 heterocycles. The zero-order chi connectivity index (χ0) is 19.4. The molecular weight excluding hydrogens is 348 g/mol. The number of aromatic nitrogens is 2. The number of hydrogen-bond acceptors (Lipinski definition) is 5. The number of nitrogens with zero attached hydrogens (tertiary/aromatic N) is 4. The normalized spacial score (nSPS) is 16.5. The van der Waals surface area contributed by atoms with Gasteiger partial charge in [-0.05, 0) is 49.6 Å².